The molecule has 0 aliphatic carbocycles. The Hall–Kier alpha value is -3.56. The number of likely N-dealkylation sites (tertiary alicyclic amines) is 1. The highest BCUT2D eigenvalue weighted by Gasteiger charge is 2.76. The molecule has 3 unspecified atom stereocenters. The van der Waals surface area contributed by atoms with Crippen molar-refractivity contribution < 1.29 is 24.2 Å². The summed E-state index contributed by atoms with van der Waals surface area (Å²) < 4.78 is 4.81. The molecule has 3 heterocycles. The van der Waals surface area contributed by atoms with Crippen LogP contribution in [0.1, 0.15) is 25.8 Å². The Bertz CT molecular complexity index is 1350. The highest BCUT2D eigenvalue weighted by Crippen LogP contribution is 2.69. The first kappa shape index (κ1) is 30.9. The van der Waals surface area contributed by atoms with Crippen LogP contribution in [0.3, 0.4) is 0 Å². The third-order valence-electron chi connectivity index (χ3n) is 9.02. The maximum absolute atomic E-state index is 14.5. The summed E-state index contributed by atoms with van der Waals surface area (Å²) in [6, 6.07) is 16.3. The van der Waals surface area contributed by atoms with E-state index >= 15 is 0 Å². The van der Waals surface area contributed by atoms with Crippen molar-refractivity contribution in [3.8, 4) is 5.75 Å². The molecule has 1 spiro atoms. The third-order valence-corrected chi connectivity index (χ3v) is 11.1. The Labute approximate surface area is 258 Å². The number of amides is 3. The van der Waals surface area contributed by atoms with Crippen molar-refractivity contribution in [3.05, 3.63) is 85.5 Å². The first-order chi connectivity index (χ1) is 20.8. The standard InChI is InChI=1S/C34H41N3O5S/c1-5-17-35(22-24-11-9-8-10-12-24)33(41)30-34-23(4)21-27(43-34)28(29(34)32(40)37(30)19-20-38)31(39)36(18-6-2)25-13-15-26(16-14-25)42-7-3/h5-6,8-16,23,27-30,38H,1-2,7,17-22H2,3-4H3/t23?,27-,28+,29-,30?,34?/m0/s1. The van der Waals surface area contributed by atoms with Crippen molar-refractivity contribution in [1.82, 2.24) is 9.80 Å². The molecular weight excluding hydrogens is 562 g/mol. The Balaban J connectivity index is 1.51. The fourth-order valence-corrected chi connectivity index (χ4v) is 9.72. The van der Waals surface area contributed by atoms with E-state index in [4.69, 9.17) is 4.74 Å². The number of carbonyl (C=O) groups is 3. The molecule has 0 aromatic heterocycles. The Morgan fingerprint density at radius 1 is 1.09 bits per heavy atom. The maximum atomic E-state index is 14.5. The van der Waals surface area contributed by atoms with Gasteiger partial charge in [-0.2, -0.15) is 0 Å². The zero-order chi connectivity index (χ0) is 30.7. The Morgan fingerprint density at radius 2 is 1.79 bits per heavy atom. The van der Waals surface area contributed by atoms with E-state index in [-0.39, 0.29) is 48.6 Å². The van der Waals surface area contributed by atoms with Gasteiger partial charge in [0.1, 0.15) is 11.8 Å². The van der Waals surface area contributed by atoms with Gasteiger partial charge in [-0.05, 0) is 49.1 Å². The number of aliphatic hydroxyl groups excluding tert-OH is 1. The summed E-state index contributed by atoms with van der Waals surface area (Å²) in [7, 11) is 0. The largest absolute Gasteiger partial charge is 0.494 e. The predicted octanol–water partition coefficient (Wildman–Crippen LogP) is 4.15. The topological polar surface area (TPSA) is 90.4 Å². The molecule has 9 heteroatoms. The number of thioether (sulfide) groups is 1. The third kappa shape index (κ3) is 5.38. The first-order valence-corrected chi connectivity index (χ1v) is 15.9. The Kier molecular flexibility index (Phi) is 9.32. The van der Waals surface area contributed by atoms with Crippen LogP contribution >= 0.6 is 11.8 Å². The minimum absolute atomic E-state index is 0.0266. The van der Waals surface area contributed by atoms with E-state index in [1.807, 2.05) is 61.5 Å². The summed E-state index contributed by atoms with van der Waals surface area (Å²) in [5.41, 5.74) is 1.68. The number of benzene rings is 2. The summed E-state index contributed by atoms with van der Waals surface area (Å²) in [5, 5.41) is 9.92. The van der Waals surface area contributed by atoms with Crippen LogP contribution in [0.25, 0.3) is 0 Å². The van der Waals surface area contributed by atoms with E-state index in [9.17, 15) is 19.5 Å². The summed E-state index contributed by atoms with van der Waals surface area (Å²) in [6.45, 7) is 13.1. The smallest absolute Gasteiger partial charge is 0.247 e. The van der Waals surface area contributed by atoms with Gasteiger partial charge in [0.15, 0.2) is 0 Å². The number of aliphatic hydroxyl groups is 1. The van der Waals surface area contributed by atoms with Crippen molar-refractivity contribution in [3.63, 3.8) is 0 Å². The number of rotatable bonds is 13. The Morgan fingerprint density at radius 3 is 2.42 bits per heavy atom. The van der Waals surface area contributed by atoms with Gasteiger partial charge in [-0.25, -0.2) is 0 Å². The lowest BCUT2D eigenvalue weighted by Crippen LogP contribution is -2.57. The maximum Gasteiger partial charge on any atom is 0.247 e. The van der Waals surface area contributed by atoms with Crippen LogP contribution in [0.15, 0.2) is 79.9 Å². The quantitative estimate of drug-likeness (QED) is 0.346. The monoisotopic (exact) mass is 603 g/mol. The molecule has 2 bridgehead atoms. The van der Waals surface area contributed by atoms with Gasteiger partial charge in [-0.1, -0.05) is 49.4 Å². The molecule has 43 heavy (non-hydrogen) atoms. The fraction of sp³-hybridized carbons (Fsp3) is 0.441. The number of nitrogens with zero attached hydrogens (tertiary/aromatic N) is 3. The first-order valence-electron chi connectivity index (χ1n) is 15.0. The molecule has 1 N–H and O–H groups in total. The zero-order valence-electron chi connectivity index (χ0n) is 24.9. The van der Waals surface area contributed by atoms with Gasteiger partial charge in [-0.3, -0.25) is 14.4 Å². The van der Waals surface area contributed by atoms with Crippen LogP contribution in [-0.2, 0) is 20.9 Å². The van der Waals surface area contributed by atoms with Gasteiger partial charge < -0.3 is 24.5 Å². The summed E-state index contributed by atoms with van der Waals surface area (Å²) in [5.74, 6) is -1.06. The fourth-order valence-electron chi connectivity index (χ4n) is 7.31. The van der Waals surface area contributed by atoms with Gasteiger partial charge in [0, 0.05) is 37.1 Å². The number of ether oxygens (including phenoxy) is 1. The van der Waals surface area contributed by atoms with E-state index in [0.29, 0.717) is 31.1 Å². The molecule has 0 radical (unpaired) electrons. The van der Waals surface area contributed by atoms with Gasteiger partial charge in [0.2, 0.25) is 17.7 Å². The SMILES string of the molecule is C=CCN(Cc1ccccc1)C(=O)C1N(CCO)C(=O)[C@@H]2[C@H](C(=O)N(CC=C)c3ccc(OCC)cc3)[C@@H]3CC(C)C12S3. The lowest BCUT2D eigenvalue weighted by Gasteiger charge is -2.41. The van der Waals surface area contributed by atoms with Crippen LogP contribution in [0.5, 0.6) is 5.75 Å². The van der Waals surface area contributed by atoms with E-state index in [1.54, 1.807) is 38.6 Å². The van der Waals surface area contributed by atoms with Gasteiger partial charge in [-0.15, -0.1) is 24.9 Å². The minimum atomic E-state index is -0.790. The summed E-state index contributed by atoms with van der Waals surface area (Å²) in [6.07, 6.45) is 4.11. The molecule has 2 aromatic carbocycles. The zero-order valence-corrected chi connectivity index (χ0v) is 25.7. The van der Waals surface area contributed by atoms with Gasteiger partial charge >= 0.3 is 0 Å². The summed E-state index contributed by atoms with van der Waals surface area (Å²) in [4.78, 5) is 48.3. The number of carbonyl (C=O) groups excluding carboxylic acids is 3. The highest BCUT2D eigenvalue weighted by molar-refractivity contribution is 8.02. The molecule has 3 aliphatic rings. The molecule has 228 valence electrons. The average Bonchev–Trinajstić information content (AvgIpc) is 3.60. The van der Waals surface area contributed by atoms with Gasteiger partial charge in [0.05, 0.1) is 29.8 Å². The second-order valence-corrected chi connectivity index (χ2v) is 13.0. The van der Waals surface area contributed by atoms with Crippen molar-refractivity contribution in [2.24, 2.45) is 17.8 Å². The number of β-amino-alcohol motifs (C(OH)–C–C–N with tert-alkyl or cyclic N) is 1. The van der Waals surface area contributed by atoms with Crippen molar-refractivity contribution in [1.29, 1.82) is 0 Å². The summed E-state index contributed by atoms with van der Waals surface area (Å²) >= 11 is 1.63. The lowest BCUT2D eigenvalue weighted by atomic mass is 9.65. The molecule has 5 rings (SSSR count). The van der Waals surface area contributed by atoms with Crippen LogP contribution in [0.4, 0.5) is 5.69 Å². The normalized spacial score (nSPS) is 27.1. The second-order valence-electron chi connectivity index (χ2n) is 11.5. The van der Waals surface area contributed by atoms with E-state index in [1.165, 1.54) is 0 Å². The molecule has 3 amide bonds. The molecule has 3 saturated heterocycles. The molecule has 0 saturated carbocycles. The van der Waals surface area contributed by atoms with Crippen LogP contribution in [0.2, 0.25) is 0 Å². The lowest BCUT2D eigenvalue weighted by molar-refractivity contribution is -0.143. The van der Waals surface area contributed by atoms with Crippen LogP contribution in [-0.4, -0.2) is 81.5 Å². The minimum Gasteiger partial charge on any atom is -0.494 e. The molecule has 8 nitrogen and oxygen atoms in total. The van der Waals surface area contributed by atoms with E-state index in [0.717, 1.165) is 12.0 Å². The number of fused-ring (bicyclic) bond motifs is 1. The second kappa shape index (κ2) is 13.0. The number of anilines is 1. The number of hydrogen-bond acceptors (Lipinski definition) is 6. The van der Waals surface area contributed by atoms with Crippen LogP contribution in [0, 0.1) is 17.8 Å². The van der Waals surface area contributed by atoms with Crippen molar-refractivity contribution in [2.75, 3.05) is 37.7 Å². The molecule has 3 aliphatic heterocycles. The van der Waals surface area contributed by atoms with Crippen molar-refractivity contribution >= 4 is 35.2 Å². The van der Waals surface area contributed by atoms with Gasteiger partial charge in [0.25, 0.3) is 0 Å². The van der Waals surface area contributed by atoms with E-state index < -0.39 is 22.6 Å². The average molecular weight is 604 g/mol. The molecule has 2 aromatic rings. The highest BCUT2D eigenvalue weighted by atomic mass is 32.2. The van der Waals surface area contributed by atoms with E-state index in [2.05, 4.69) is 20.1 Å². The van der Waals surface area contributed by atoms with Crippen molar-refractivity contribution in [2.45, 2.75) is 42.9 Å². The predicted molar refractivity (Wildman–Crippen MR) is 170 cm³/mol. The molecule has 6 atom stereocenters. The molecule has 3 fully saturated rings. The number of hydrogen-bond donors (Lipinski definition) is 1. The molecular formula is C34H41N3O5S. The van der Waals surface area contributed by atoms with Crippen LogP contribution < -0.4 is 9.64 Å².